The van der Waals surface area contributed by atoms with Gasteiger partial charge in [-0.1, -0.05) is 45.7 Å². The summed E-state index contributed by atoms with van der Waals surface area (Å²) in [6, 6.07) is 13.9. The van der Waals surface area contributed by atoms with Crippen LogP contribution in [0.1, 0.15) is 5.56 Å². The van der Waals surface area contributed by atoms with E-state index < -0.39 is 0 Å². The zero-order chi connectivity index (χ0) is 13.8. The number of hydrogen-bond acceptors (Lipinski definition) is 2. The lowest BCUT2D eigenvalue weighted by atomic mass is 10.2. The summed E-state index contributed by atoms with van der Waals surface area (Å²) in [5.74, 6) is 0.839. The third-order valence-electron chi connectivity index (χ3n) is 3.01. The molecule has 19 heavy (non-hydrogen) atoms. The first kappa shape index (κ1) is 14.2. The van der Waals surface area contributed by atoms with E-state index in [4.69, 9.17) is 16.3 Å². The van der Waals surface area contributed by atoms with E-state index in [1.54, 1.807) is 7.11 Å². The maximum absolute atomic E-state index is 6.25. The Morgan fingerprint density at radius 3 is 2.58 bits per heavy atom. The number of anilines is 2. The van der Waals surface area contributed by atoms with Gasteiger partial charge in [0.05, 0.1) is 12.8 Å². The summed E-state index contributed by atoms with van der Waals surface area (Å²) in [5.41, 5.74) is 3.12. The van der Waals surface area contributed by atoms with E-state index >= 15 is 0 Å². The molecule has 0 bridgehead atoms. The Morgan fingerprint density at radius 2 is 1.95 bits per heavy atom. The van der Waals surface area contributed by atoms with Crippen LogP contribution in [0.4, 0.5) is 11.4 Å². The van der Waals surface area contributed by atoms with Crippen LogP contribution in [0.15, 0.2) is 42.5 Å². The third kappa shape index (κ3) is 3.04. The number of halogens is 2. The third-order valence-corrected chi connectivity index (χ3v) is 3.97. The molecular weight excluding hydrogens is 326 g/mol. The molecule has 0 radical (unpaired) electrons. The topological polar surface area (TPSA) is 12.5 Å². The fraction of sp³-hybridized carbons (Fsp3) is 0.200. The van der Waals surface area contributed by atoms with E-state index in [0.717, 1.165) is 33.0 Å². The largest absolute Gasteiger partial charge is 0.495 e. The fourth-order valence-electron chi connectivity index (χ4n) is 1.90. The molecule has 0 unspecified atom stereocenters. The number of benzene rings is 2. The first-order valence-electron chi connectivity index (χ1n) is 5.88. The van der Waals surface area contributed by atoms with Gasteiger partial charge in [-0.2, -0.15) is 0 Å². The lowest BCUT2D eigenvalue weighted by Gasteiger charge is -2.22. The molecule has 100 valence electrons. The van der Waals surface area contributed by atoms with Crippen molar-refractivity contribution >= 4 is 38.9 Å². The highest BCUT2D eigenvalue weighted by atomic mass is 79.9. The standard InChI is InChI=1S/C15H15BrClNO/c1-18(14-5-3-4-6-15(14)19-2)12-8-7-11(10-16)13(17)9-12/h3-9H,10H2,1-2H3. The van der Waals surface area contributed by atoms with Crippen LogP contribution in [-0.2, 0) is 5.33 Å². The van der Waals surface area contributed by atoms with Crippen molar-refractivity contribution in [3.8, 4) is 5.75 Å². The maximum Gasteiger partial charge on any atom is 0.142 e. The van der Waals surface area contributed by atoms with Crippen molar-refractivity contribution in [3.63, 3.8) is 0 Å². The van der Waals surface area contributed by atoms with Crippen molar-refractivity contribution in [1.29, 1.82) is 0 Å². The Bertz CT molecular complexity index is 574. The highest BCUT2D eigenvalue weighted by Gasteiger charge is 2.10. The van der Waals surface area contributed by atoms with Crippen molar-refractivity contribution in [2.24, 2.45) is 0 Å². The van der Waals surface area contributed by atoms with Gasteiger partial charge in [0.25, 0.3) is 0 Å². The van der Waals surface area contributed by atoms with E-state index in [2.05, 4.69) is 26.9 Å². The highest BCUT2D eigenvalue weighted by Crippen LogP contribution is 2.34. The van der Waals surface area contributed by atoms with Gasteiger partial charge in [-0.3, -0.25) is 0 Å². The summed E-state index contributed by atoms with van der Waals surface area (Å²) in [4.78, 5) is 2.06. The molecule has 2 aromatic carbocycles. The van der Waals surface area contributed by atoms with Gasteiger partial charge in [-0.25, -0.2) is 0 Å². The molecule has 0 atom stereocenters. The second-order valence-corrected chi connectivity index (χ2v) is 5.11. The van der Waals surface area contributed by atoms with Gasteiger partial charge in [0.1, 0.15) is 5.75 Å². The summed E-state index contributed by atoms with van der Waals surface area (Å²) in [7, 11) is 3.67. The minimum absolute atomic E-state index is 0.754. The summed E-state index contributed by atoms with van der Waals surface area (Å²) in [5, 5.41) is 1.51. The maximum atomic E-state index is 6.25. The number of ether oxygens (including phenoxy) is 1. The Hall–Kier alpha value is -1.19. The molecule has 0 amide bonds. The van der Waals surface area contributed by atoms with Gasteiger partial charge < -0.3 is 9.64 Å². The minimum atomic E-state index is 0.754. The van der Waals surface area contributed by atoms with Gasteiger partial charge in [0.2, 0.25) is 0 Å². The summed E-state index contributed by atoms with van der Waals surface area (Å²) < 4.78 is 5.38. The van der Waals surface area contributed by atoms with E-state index in [1.807, 2.05) is 43.4 Å². The van der Waals surface area contributed by atoms with Gasteiger partial charge in [0, 0.05) is 23.1 Å². The summed E-state index contributed by atoms with van der Waals surface area (Å²) in [6.45, 7) is 0. The van der Waals surface area contributed by atoms with Crippen LogP contribution >= 0.6 is 27.5 Å². The van der Waals surface area contributed by atoms with E-state index in [-0.39, 0.29) is 0 Å². The number of methoxy groups -OCH3 is 1. The molecule has 2 rings (SSSR count). The lowest BCUT2D eigenvalue weighted by molar-refractivity contribution is 0.415. The molecular formula is C15H15BrClNO. The van der Waals surface area contributed by atoms with Gasteiger partial charge in [0.15, 0.2) is 0 Å². The Labute approximate surface area is 127 Å². The predicted octanol–water partition coefficient (Wildman–Crippen LogP) is 5.01. The minimum Gasteiger partial charge on any atom is -0.495 e. The SMILES string of the molecule is COc1ccccc1N(C)c1ccc(CBr)c(Cl)c1. The Morgan fingerprint density at radius 1 is 1.21 bits per heavy atom. The Balaban J connectivity index is 2.38. The summed E-state index contributed by atoms with van der Waals surface area (Å²) in [6.07, 6.45) is 0. The molecule has 2 aromatic rings. The molecule has 4 heteroatoms. The van der Waals surface area contributed by atoms with Crippen LogP contribution < -0.4 is 9.64 Å². The predicted molar refractivity (Wildman–Crippen MR) is 85.1 cm³/mol. The second kappa shape index (κ2) is 6.31. The molecule has 2 nitrogen and oxygen atoms in total. The van der Waals surface area contributed by atoms with Crippen LogP contribution in [0, 0.1) is 0 Å². The molecule has 0 saturated carbocycles. The molecule has 0 N–H and O–H groups in total. The highest BCUT2D eigenvalue weighted by molar-refractivity contribution is 9.08. The summed E-state index contributed by atoms with van der Waals surface area (Å²) >= 11 is 9.67. The van der Waals surface area contributed by atoms with Crippen molar-refractivity contribution < 1.29 is 4.74 Å². The van der Waals surface area contributed by atoms with Crippen molar-refractivity contribution in [2.45, 2.75) is 5.33 Å². The quantitative estimate of drug-likeness (QED) is 0.725. The molecule has 0 aliphatic rings. The molecule has 0 spiro atoms. The monoisotopic (exact) mass is 339 g/mol. The smallest absolute Gasteiger partial charge is 0.142 e. The first-order chi connectivity index (χ1) is 9.17. The molecule has 0 saturated heterocycles. The number of alkyl halides is 1. The van der Waals surface area contributed by atoms with Crippen LogP contribution in [0.3, 0.4) is 0 Å². The van der Waals surface area contributed by atoms with E-state index in [0.29, 0.717) is 0 Å². The molecule has 0 fully saturated rings. The van der Waals surface area contributed by atoms with Crippen LogP contribution in [0.5, 0.6) is 5.75 Å². The van der Waals surface area contributed by atoms with E-state index in [1.165, 1.54) is 0 Å². The van der Waals surface area contributed by atoms with Crippen molar-refractivity contribution in [2.75, 3.05) is 19.1 Å². The zero-order valence-corrected chi connectivity index (χ0v) is 13.2. The van der Waals surface area contributed by atoms with Crippen LogP contribution in [-0.4, -0.2) is 14.2 Å². The second-order valence-electron chi connectivity index (χ2n) is 4.14. The number of para-hydroxylation sites is 2. The van der Waals surface area contributed by atoms with E-state index in [9.17, 15) is 0 Å². The lowest BCUT2D eigenvalue weighted by Crippen LogP contribution is -2.10. The molecule has 0 aliphatic heterocycles. The normalized spacial score (nSPS) is 10.3. The first-order valence-corrected chi connectivity index (χ1v) is 7.38. The van der Waals surface area contributed by atoms with Gasteiger partial charge >= 0.3 is 0 Å². The van der Waals surface area contributed by atoms with Gasteiger partial charge in [-0.05, 0) is 29.8 Å². The van der Waals surface area contributed by atoms with Gasteiger partial charge in [-0.15, -0.1) is 0 Å². The van der Waals surface area contributed by atoms with Crippen LogP contribution in [0.25, 0.3) is 0 Å². The molecule has 0 aromatic heterocycles. The molecule has 0 aliphatic carbocycles. The Kier molecular flexibility index (Phi) is 4.72. The zero-order valence-electron chi connectivity index (χ0n) is 10.9. The molecule has 0 heterocycles. The number of rotatable bonds is 4. The number of nitrogens with zero attached hydrogens (tertiary/aromatic N) is 1. The van der Waals surface area contributed by atoms with Crippen LogP contribution in [0.2, 0.25) is 5.02 Å². The van der Waals surface area contributed by atoms with Crippen molar-refractivity contribution in [1.82, 2.24) is 0 Å². The number of hydrogen-bond donors (Lipinski definition) is 0. The van der Waals surface area contributed by atoms with Crippen molar-refractivity contribution in [3.05, 3.63) is 53.1 Å². The fourth-order valence-corrected chi connectivity index (χ4v) is 2.79. The average molecular weight is 341 g/mol. The average Bonchev–Trinajstić information content (AvgIpc) is 2.46.